The zero-order valence-corrected chi connectivity index (χ0v) is 18.0. The van der Waals surface area contributed by atoms with E-state index in [2.05, 4.69) is 30.0 Å². The SMILES string of the molecule is CCC(CC)N1CCn2c(=O)n(-c3ccc(C(N)=NO)cc3Cl)c3nc(C)cc1c32. The van der Waals surface area contributed by atoms with Crippen LogP contribution in [0.15, 0.2) is 34.2 Å². The van der Waals surface area contributed by atoms with Gasteiger partial charge in [0, 0.05) is 30.4 Å². The van der Waals surface area contributed by atoms with Crippen LogP contribution >= 0.6 is 11.6 Å². The smallest absolute Gasteiger partial charge is 0.335 e. The van der Waals surface area contributed by atoms with Gasteiger partial charge in [-0.1, -0.05) is 30.6 Å². The number of aromatic nitrogens is 3. The first-order valence-electron chi connectivity index (χ1n) is 10.1. The number of nitrogens with zero attached hydrogens (tertiary/aromatic N) is 5. The number of hydrogen-bond acceptors (Lipinski definition) is 5. The number of anilines is 1. The molecule has 2 aromatic heterocycles. The summed E-state index contributed by atoms with van der Waals surface area (Å²) >= 11 is 6.51. The van der Waals surface area contributed by atoms with Gasteiger partial charge in [0.15, 0.2) is 11.5 Å². The number of pyridine rings is 1. The molecule has 0 atom stereocenters. The maximum Gasteiger partial charge on any atom is 0.335 e. The quantitative estimate of drug-likeness (QED) is 0.281. The Hall–Kier alpha value is -3.00. The van der Waals surface area contributed by atoms with E-state index < -0.39 is 0 Å². The van der Waals surface area contributed by atoms with Crippen LogP contribution in [0, 0.1) is 6.92 Å². The Kier molecular flexibility index (Phi) is 5.19. The van der Waals surface area contributed by atoms with Gasteiger partial charge in [0.05, 0.1) is 16.4 Å². The van der Waals surface area contributed by atoms with E-state index in [0.717, 1.165) is 36.3 Å². The van der Waals surface area contributed by atoms with Crippen molar-refractivity contribution < 1.29 is 5.21 Å². The number of amidine groups is 1. The summed E-state index contributed by atoms with van der Waals surface area (Å²) in [5.74, 6) is -0.0480. The molecular formula is C21H25ClN6O2. The Balaban J connectivity index is 1.98. The number of rotatable bonds is 5. The van der Waals surface area contributed by atoms with Gasteiger partial charge in [0.2, 0.25) is 0 Å². The highest BCUT2D eigenvalue weighted by Gasteiger charge is 2.29. The molecule has 0 saturated heterocycles. The summed E-state index contributed by atoms with van der Waals surface area (Å²) in [6.07, 6.45) is 2.07. The first kappa shape index (κ1) is 20.3. The summed E-state index contributed by atoms with van der Waals surface area (Å²) in [4.78, 5) is 20.5. The van der Waals surface area contributed by atoms with Crippen LogP contribution in [0.1, 0.15) is 37.9 Å². The predicted molar refractivity (Wildman–Crippen MR) is 119 cm³/mol. The monoisotopic (exact) mass is 428 g/mol. The lowest BCUT2D eigenvalue weighted by atomic mass is 10.1. The summed E-state index contributed by atoms with van der Waals surface area (Å²) < 4.78 is 3.34. The van der Waals surface area contributed by atoms with E-state index in [1.807, 2.05) is 6.92 Å². The molecule has 9 heteroatoms. The van der Waals surface area contributed by atoms with Gasteiger partial charge >= 0.3 is 5.69 Å². The van der Waals surface area contributed by atoms with Crippen molar-refractivity contribution in [2.45, 2.75) is 46.2 Å². The molecule has 0 fully saturated rings. The van der Waals surface area contributed by atoms with Crippen LogP contribution in [-0.2, 0) is 6.54 Å². The Morgan fingerprint density at radius 3 is 2.63 bits per heavy atom. The average molecular weight is 429 g/mol. The molecule has 4 rings (SSSR count). The third-order valence-corrected chi connectivity index (χ3v) is 6.14. The summed E-state index contributed by atoms with van der Waals surface area (Å²) in [7, 11) is 0. The second-order valence-corrected chi connectivity index (χ2v) is 7.95. The van der Waals surface area contributed by atoms with Crippen LogP contribution < -0.4 is 16.3 Å². The van der Waals surface area contributed by atoms with Crippen LogP contribution in [0.4, 0.5) is 5.69 Å². The second-order valence-electron chi connectivity index (χ2n) is 7.54. The van der Waals surface area contributed by atoms with Gasteiger partial charge in [0.1, 0.15) is 5.52 Å². The fraction of sp³-hybridized carbons (Fsp3) is 0.381. The molecular weight excluding hydrogens is 404 g/mol. The fourth-order valence-corrected chi connectivity index (χ4v) is 4.61. The van der Waals surface area contributed by atoms with Gasteiger partial charge in [0.25, 0.3) is 0 Å². The highest BCUT2D eigenvalue weighted by Crippen LogP contribution is 2.34. The minimum atomic E-state index is -0.174. The van der Waals surface area contributed by atoms with Crippen LogP contribution in [0.2, 0.25) is 5.02 Å². The highest BCUT2D eigenvalue weighted by molar-refractivity contribution is 6.33. The van der Waals surface area contributed by atoms with E-state index in [9.17, 15) is 4.79 Å². The average Bonchev–Trinajstić information content (AvgIpc) is 3.01. The van der Waals surface area contributed by atoms with Gasteiger partial charge in [-0.15, -0.1) is 0 Å². The molecule has 0 saturated carbocycles. The number of imidazole rings is 1. The third kappa shape index (κ3) is 3.02. The summed E-state index contributed by atoms with van der Waals surface area (Å²) in [5, 5.41) is 12.2. The number of benzene rings is 1. The molecule has 1 aliphatic rings. The Morgan fingerprint density at radius 2 is 2.00 bits per heavy atom. The molecule has 3 heterocycles. The number of oxime groups is 1. The van der Waals surface area contributed by atoms with Gasteiger partial charge in [-0.05, 0) is 44.0 Å². The highest BCUT2D eigenvalue weighted by atomic mass is 35.5. The summed E-state index contributed by atoms with van der Waals surface area (Å²) in [5.41, 5.74) is 9.77. The molecule has 158 valence electrons. The number of hydrogen-bond donors (Lipinski definition) is 2. The third-order valence-electron chi connectivity index (χ3n) is 5.84. The lowest BCUT2D eigenvalue weighted by molar-refractivity contribution is 0.318. The van der Waals surface area contributed by atoms with Crippen molar-refractivity contribution in [3.05, 3.63) is 51.0 Å². The molecule has 30 heavy (non-hydrogen) atoms. The number of nitrogens with two attached hydrogens (primary N) is 1. The maximum absolute atomic E-state index is 13.4. The predicted octanol–water partition coefficient (Wildman–Crippen LogP) is 3.25. The van der Waals surface area contributed by atoms with Crippen molar-refractivity contribution in [2.24, 2.45) is 10.9 Å². The van der Waals surface area contributed by atoms with Gasteiger partial charge in [-0.25, -0.2) is 14.3 Å². The second kappa shape index (κ2) is 7.68. The molecule has 1 aromatic carbocycles. The van der Waals surface area contributed by atoms with Crippen molar-refractivity contribution in [1.29, 1.82) is 0 Å². The topological polar surface area (TPSA) is 102 Å². The van der Waals surface area contributed by atoms with E-state index in [1.165, 1.54) is 0 Å². The number of aryl methyl sites for hydroxylation is 1. The van der Waals surface area contributed by atoms with Crippen molar-refractivity contribution in [1.82, 2.24) is 14.1 Å². The van der Waals surface area contributed by atoms with Crippen molar-refractivity contribution >= 4 is 34.3 Å². The van der Waals surface area contributed by atoms with Crippen molar-refractivity contribution in [3.8, 4) is 5.69 Å². The molecule has 3 N–H and O–H groups in total. The first-order valence-corrected chi connectivity index (χ1v) is 10.5. The van der Waals surface area contributed by atoms with Crippen LogP contribution in [0.25, 0.3) is 16.9 Å². The molecule has 8 nitrogen and oxygen atoms in total. The molecule has 0 spiro atoms. The van der Waals surface area contributed by atoms with Gasteiger partial charge in [-0.3, -0.25) is 4.57 Å². The largest absolute Gasteiger partial charge is 0.409 e. The number of halogens is 1. The van der Waals surface area contributed by atoms with E-state index in [1.54, 1.807) is 27.3 Å². The lowest BCUT2D eigenvalue weighted by Crippen LogP contribution is -2.41. The Morgan fingerprint density at radius 1 is 1.27 bits per heavy atom. The first-order chi connectivity index (χ1) is 14.4. The van der Waals surface area contributed by atoms with Gasteiger partial charge in [-0.2, -0.15) is 0 Å². The molecule has 0 amide bonds. The molecule has 0 radical (unpaired) electrons. The van der Waals surface area contributed by atoms with Crippen LogP contribution in [-0.4, -0.2) is 37.7 Å². The normalized spacial score (nSPS) is 14.2. The van der Waals surface area contributed by atoms with E-state index in [-0.39, 0.29) is 11.5 Å². The van der Waals surface area contributed by atoms with Gasteiger partial charge < -0.3 is 15.8 Å². The maximum atomic E-state index is 13.4. The van der Waals surface area contributed by atoms with E-state index in [0.29, 0.717) is 34.5 Å². The minimum absolute atomic E-state index is 0.0480. The lowest BCUT2D eigenvalue weighted by Gasteiger charge is -2.36. The standard InChI is InChI=1S/C21H25ClN6O2/c1-4-14(5-2)26-8-9-27-18-17(26)10-12(3)24-20(18)28(21(27)29)16-7-6-13(11-15(16)22)19(23)25-30/h6-7,10-11,14,30H,4-5,8-9H2,1-3H3,(H2,23,25). The van der Waals surface area contributed by atoms with E-state index in [4.69, 9.17) is 27.5 Å². The summed E-state index contributed by atoms with van der Waals surface area (Å²) in [6.45, 7) is 7.68. The van der Waals surface area contributed by atoms with Crippen molar-refractivity contribution in [3.63, 3.8) is 0 Å². The Bertz CT molecular complexity index is 1210. The zero-order valence-electron chi connectivity index (χ0n) is 17.3. The molecule has 0 unspecified atom stereocenters. The summed E-state index contributed by atoms with van der Waals surface area (Å²) in [6, 6.07) is 7.41. The minimum Gasteiger partial charge on any atom is -0.409 e. The fourth-order valence-electron chi connectivity index (χ4n) is 4.34. The zero-order chi connectivity index (χ0) is 21.6. The Labute approximate surface area is 179 Å². The van der Waals surface area contributed by atoms with Crippen LogP contribution in [0.5, 0.6) is 0 Å². The van der Waals surface area contributed by atoms with Crippen molar-refractivity contribution in [2.75, 3.05) is 11.4 Å². The van der Waals surface area contributed by atoms with Crippen LogP contribution in [0.3, 0.4) is 0 Å². The molecule has 0 bridgehead atoms. The molecule has 1 aliphatic heterocycles. The molecule has 3 aromatic rings. The van der Waals surface area contributed by atoms with E-state index >= 15 is 0 Å². The molecule has 0 aliphatic carbocycles.